The third-order valence-corrected chi connectivity index (χ3v) is 16.3. The molecule has 14 rings (SSSR count). The molecule has 0 unspecified atom stereocenters. The minimum absolute atomic E-state index is 0.513. The fraction of sp³-hybridized carbons (Fsp3) is 0.0141. The molecule has 1 nitrogen and oxygen atoms in total. The summed E-state index contributed by atoms with van der Waals surface area (Å²) < 4.78 is 2.57. The van der Waals surface area contributed by atoms with Gasteiger partial charge in [0.2, 0.25) is 0 Å². The zero-order chi connectivity index (χ0) is 48.3. The zero-order valence-electron chi connectivity index (χ0n) is 40.0. The van der Waals surface area contributed by atoms with E-state index >= 15 is 0 Å². The molecule has 0 spiro atoms. The van der Waals surface area contributed by atoms with Gasteiger partial charge in [-0.25, -0.2) is 0 Å². The Balaban J connectivity index is 0.826. The Morgan fingerprint density at radius 1 is 0.301 bits per heavy atom. The number of nitrogens with zero attached hydrogens (tertiary/aromatic N) is 1. The Hall–Kier alpha value is -9.08. The molecule has 0 fully saturated rings. The monoisotopic (exact) mass is 945 g/mol. The van der Waals surface area contributed by atoms with Crippen LogP contribution in [0.5, 0.6) is 0 Å². The number of hydrogen-bond acceptors (Lipinski definition) is 2. The smallest absolute Gasteiger partial charge is 0.0714 e. The molecule has 0 radical (unpaired) electrons. The van der Waals surface area contributed by atoms with Gasteiger partial charge in [0.1, 0.15) is 0 Å². The molecule has 0 N–H and O–H groups in total. The van der Waals surface area contributed by atoms with Crippen molar-refractivity contribution in [1.29, 1.82) is 0 Å². The van der Waals surface area contributed by atoms with Gasteiger partial charge in [-0.3, -0.25) is 0 Å². The first-order chi connectivity index (χ1) is 36.2. The van der Waals surface area contributed by atoms with Gasteiger partial charge in [-0.2, -0.15) is 0 Å². The van der Waals surface area contributed by atoms with Crippen LogP contribution in [-0.2, 0) is 5.41 Å². The molecule has 1 heterocycles. The molecule has 0 bridgehead atoms. The Labute approximate surface area is 430 Å². The molecule has 342 valence electrons. The average Bonchev–Trinajstić information content (AvgIpc) is 4.06. The van der Waals surface area contributed by atoms with E-state index in [0.717, 1.165) is 11.4 Å². The standard InChI is InChI=1S/C71H47NS/c1-3-17-58(18-4-1)71(59-19-5-2-6-20-59)63-23-11-9-21-61(63)69-64(71)24-13-25-65(69)72(66-26-14-28-68-70(66)62-22-10-12-27-67(62)73-68)60-45-43-54(44-46-60)53-35-33-50(34-36-53)49-29-31-51(32-30-49)52-37-39-55(40-38-52)57-42-41-48-15-7-8-16-56(48)47-57/h1-47H. The van der Waals surface area contributed by atoms with Crippen molar-refractivity contribution >= 4 is 59.3 Å². The summed E-state index contributed by atoms with van der Waals surface area (Å²) >= 11 is 1.86. The molecule has 73 heavy (non-hydrogen) atoms. The minimum Gasteiger partial charge on any atom is -0.309 e. The highest BCUT2D eigenvalue weighted by Gasteiger charge is 2.47. The predicted molar refractivity (Wildman–Crippen MR) is 311 cm³/mol. The van der Waals surface area contributed by atoms with Crippen molar-refractivity contribution in [2.45, 2.75) is 5.41 Å². The molecule has 13 aromatic rings. The van der Waals surface area contributed by atoms with Crippen LogP contribution >= 0.6 is 11.3 Å². The van der Waals surface area contributed by atoms with Crippen molar-refractivity contribution in [2.24, 2.45) is 0 Å². The van der Waals surface area contributed by atoms with Crippen molar-refractivity contribution in [3.63, 3.8) is 0 Å². The van der Waals surface area contributed by atoms with Gasteiger partial charge in [0.25, 0.3) is 0 Å². The van der Waals surface area contributed by atoms with E-state index in [1.54, 1.807) is 0 Å². The van der Waals surface area contributed by atoms with Gasteiger partial charge in [-0.05, 0) is 126 Å². The van der Waals surface area contributed by atoms with Crippen molar-refractivity contribution in [3.8, 4) is 55.6 Å². The summed E-state index contributed by atoms with van der Waals surface area (Å²) in [4.78, 5) is 2.53. The lowest BCUT2D eigenvalue weighted by Crippen LogP contribution is -2.28. The average molecular weight is 946 g/mol. The fourth-order valence-corrected chi connectivity index (χ4v) is 12.9. The van der Waals surface area contributed by atoms with Crippen LogP contribution in [0.4, 0.5) is 17.1 Å². The topological polar surface area (TPSA) is 3.24 Å². The van der Waals surface area contributed by atoms with Crippen LogP contribution in [0.3, 0.4) is 0 Å². The minimum atomic E-state index is -0.513. The molecule has 0 saturated carbocycles. The summed E-state index contributed by atoms with van der Waals surface area (Å²) in [5.41, 5.74) is 20.2. The Bertz CT molecular complexity index is 4110. The van der Waals surface area contributed by atoms with Crippen molar-refractivity contribution in [3.05, 3.63) is 307 Å². The van der Waals surface area contributed by atoms with Crippen LogP contribution in [0.15, 0.2) is 285 Å². The first-order valence-corrected chi connectivity index (χ1v) is 26.0. The molecule has 0 saturated heterocycles. The van der Waals surface area contributed by atoms with E-state index in [1.807, 2.05) is 11.3 Å². The normalized spacial score (nSPS) is 12.5. The van der Waals surface area contributed by atoms with E-state index in [9.17, 15) is 0 Å². The van der Waals surface area contributed by atoms with E-state index in [2.05, 4.69) is 290 Å². The lowest BCUT2D eigenvalue weighted by molar-refractivity contribution is 0.768. The zero-order valence-corrected chi connectivity index (χ0v) is 40.8. The van der Waals surface area contributed by atoms with Crippen molar-refractivity contribution in [2.75, 3.05) is 4.90 Å². The van der Waals surface area contributed by atoms with Gasteiger partial charge in [-0.1, -0.05) is 243 Å². The molecule has 1 aliphatic carbocycles. The molecular formula is C71H47NS. The van der Waals surface area contributed by atoms with E-state index in [4.69, 9.17) is 0 Å². The van der Waals surface area contributed by atoms with E-state index in [-0.39, 0.29) is 0 Å². The molecule has 2 heteroatoms. The van der Waals surface area contributed by atoms with Crippen molar-refractivity contribution < 1.29 is 0 Å². The molecule has 0 aliphatic heterocycles. The summed E-state index contributed by atoms with van der Waals surface area (Å²) in [7, 11) is 0. The molecule has 1 aliphatic rings. The van der Waals surface area contributed by atoms with Gasteiger partial charge in [-0.15, -0.1) is 11.3 Å². The summed E-state index contributed by atoms with van der Waals surface area (Å²) in [6.45, 7) is 0. The summed E-state index contributed by atoms with van der Waals surface area (Å²) in [5.74, 6) is 0. The quantitative estimate of drug-likeness (QED) is 0.139. The van der Waals surface area contributed by atoms with Crippen LogP contribution in [-0.4, -0.2) is 0 Å². The number of benzene rings is 12. The number of thiophene rings is 1. The van der Waals surface area contributed by atoms with Crippen LogP contribution in [0.1, 0.15) is 22.3 Å². The largest absolute Gasteiger partial charge is 0.309 e. The van der Waals surface area contributed by atoms with Gasteiger partial charge in [0, 0.05) is 31.4 Å². The van der Waals surface area contributed by atoms with Gasteiger partial charge in [0.05, 0.1) is 16.8 Å². The van der Waals surface area contributed by atoms with Gasteiger partial charge >= 0.3 is 0 Å². The van der Waals surface area contributed by atoms with Crippen LogP contribution in [0, 0.1) is 0 Å². The predicted octanol–water partition coefficient (Wildman–Crippen LogP) is 19.7. The second-order valence-corrected chi connectivity index (χ2v) is 20.2. The third-order valence-electron chi connectivity index (χ3n) is 15.2. The second-order valence-electron chi connectivity index (χ2n) is 19.2. The highest BCUT2D eigenvalue weighted by molar-refractivity contribution is 7.26. The molecule has 1 aromatic heterocycles. The summed E-state index contributed by atoms with van der Waals surface area (Å²) in [5, 5.41) is 5.07. The maximum Gasteiger partial charge on any atom is 0.0714 e. The molecule has 0 amide bonds. The highest BCUT2D eigenvalue weighted by Crippen LogP contribution is 2.60. The van der Waals surface area contributed by atoms with E-state index in [1.165, 1.54) is 115 Å². The first-order valence-electron chi connectivity index (χ1n) is 25.1. The maximum atomic E-state index is 2.53. The first kappa shape index (κ1) is 42.8. The van der Waals surface area contributed by atoms with E-state index < -0.39 is 5.41 Å². The lowest BCUT2D eigenvalue weighted by atomic mass is 9.68. The maximum absolute atomic E-state index is 2.53. The molecular weight excluding hydrogens is 899 g/mol. The summed E-state index contributed by atoms with van der Waals surface area (Å²) in [6, 6.07) is 105. The number of rotatable bonds is 9. The third kappa shape index (κ3) is 7.13. The van der Waals surface area contributed by atoms with Crippen LogP contribution in [0.25, 0.3) is 86.6 Å². The van der Waals surface area contributed by atoms with E-state index in [0.29, 0.717) is 0 Å². The summed E-state index contributed by atoms with van der Waals surface area (Å²) in [6.07, 6.45) is 0. The van der Waals surface area contributed by atoms with Crippen LogP contribution < -0.4 is 4.90 Å². The SMILES string of the molecule is c1ccc(C2(c3ccccc3)c3ccccc3-c3c(N(c4ccc(-c5ccc(-c6ccc(-c7ccc(-c8ccc9ccccc9c8)cc7)cc6)cc5)cc4)c4cccc5sc6ccccc6c45)cccc32)cc1. The molecule has 0 atom stereocenters. The fourth-order valence-electron chi connectivity index (χ4n) is 11.7. The Morgan fingerprint density at radius 2 is 0.753 bits per heavy atom. The van der Waals surface area contributed by atoms with Crippen LogP contribution in [0.2, 0.25) is 0 Å². The Morgan fingerprint density at radius 3 is 1.38 bits per heavy atom. The highest BCUT2D eigenvalue weighted by atomic mass is 32.1. The van der Waals surface area contributed by atoms with Crippen molar-refractivity contribution in [1.82, 2.24) is 0 Å². The Kier molecular flexibility index (Phi) is 10.3. The number of hydrogen-bond donors (Lipinski definition) is 0. The number of anilines is 3. The second kappa shape index (κ2) is 17.6. The van der Waals surface area contributed by atoms with Gasteiger partial charge in [0.15, 0.2) is 0 Å². The van der Waals surface area contributed by atoms with Gasteiger partial charge < -0.3 is 4.90 Å². The number of fused-ring (bicyclic) bond motifs is 7. The molecule has 12 aromatic carbocycles. The lowest BCUT2D eigenvalue weighted by Gasteiger charge is -2.34.